The first-order valence-electron chi connectivity index (χ1n) is 4.59. The van der Waals surface area contributed by atoms with E-state index in [0.29, 0.717) is 0 Å². The Bertz CT molecular complexity index is 144. The zero-order chi connectivity index (χ0) is 9.03. The van der Waals surface area contributed by atoms with E-state index in [4.69, 9.17) is 4.74 Å². The van der Waals surface area contributed by atoms with Gasteiger partial charge in [-0.15, -0.1) is 6.58 Å². The topological polar surface area (TPSA) is 29.5 Å². The molecule has 0 spiro atoms. The molecule has 1 unspecified atom stereocenters. The highest BCUT2D eigenvalue weighted by molar-refractivity contribution is 4.96. The molecule has 0 aromatic rings. The summed E-state index contributed by atoms with van der Waals surface area (Å²) >= 11 is 0. The van der Waals surface area contributed by atoms with E-state index in [1.807, 2.05) is 6.08 Å². The molecule has 1 rings (SSSR count). The molecule has 0 aromatic carbocycles. The lowest BCUT2D eigenvalue weighted by molar-refractivity contribution is -0.150. The van der Waals surface area contributed by atoms with E-state index in [-0.39, 0.29) is 11.7 Å². The molecule has 1 aliphatic carbocycles. The summed E-state index contributed by atoms with van der Waals surface area (Å²) in [6.07, 6.45) is 6.35. The third kappa shape index (κ3) is 1.70. The molecule has 2 nitrogen and oxygen atoms in total. The molecule has 1 aliphatic rings. The summed E-state index contributed by atoms with van der Waals surface area (Å²) < 4.78 is 5.35. The summed E-state index contributed by atoms with van der Waals surface area (Å²) in [6, 6.07) is 0. The first-order valence-corrected chi connectivity index (χ1v) is 4.59. The molecule has 0 heterocycles. The SMILES string of the molecule is C=CCCC(O)C1(OC)CCC1. The van der Waals surface area contributed by atoms with Crippen molar-refractivity contribution in [2.45, 2.75) is 43.8 Å². The summed E-state index contributed by atoms with van der Waals surface area (Å²) in [6.45, 7) is 3.63. The second-order valence-electron chi connectivity index (χ2n) is 3.50. The number of allylic oxidation sites excluding steroid dienone is 1. The minimum absolute atomic E-state index is 0.219. The summed E-state index contributed by atoms with van der Waals surface area (Å²) in [5, 5.41) is 9.78. The second kappa shape index (κ2) is 4.06. The van der Waals surface area contributed by atoms with Gasteiger partial charge in [-0.3, -0.25) is 0 Å². The Hall–Kier alpha value is -0.340. The van der Waals surface area contributed by atoms with Crippen molar-refractivity contribution in [3.8, 4) is 0 Å². The van der Waals surface area contributed by atoms with Gasteiger partial charge in [-0.2, -0.15) is 0 Å². The largest absolute Gasteiger partial charge is 0.390 e. The first kappa shape index (κ1) is 9.75. The number of hydrogen-bond acceptors (Lipinski definition) is 2. The summed E-state index contributed by atoms with van der Waals surface area (Å²) in [5.41, 5.74) is -0.219. The molecule has 0 aliphatic heterocycles. The number of aliphatic hydroxyl groups is 1. The number of ether oxygens (including phenoxy) is 1. The van der Waals surface area contributed by atoms with E-state index in [0.717, 1.165) is 25.7 Å². The Labute approximate surface area is 74.2 Å². The normalized spacial score (nSPS) is 22.8. The van der Waals surface area contributed by atoms with Crippen molar-refractivity contribution in [1.29, 1.82) is 0 Å². The Kier molecular flexibility index (Phi) is 3.29. The van der Waals surface area contributed by atoms with Crippen LogP contribution in [0.2, 0.25) is 0 Å². The minimum atomic E-state index is -0.311. The molecule has 0 aromatic heterocycles. The van der Waals surface area contributed by atoms with E-state index in [1.54, 1.807) is 7.11 Å². The third-order valence-electron chi connectivity index (χ3n) is 2.86. The average molecular weight is 170 g/mol. The van der Waals surface area contributed by atoms with Gasteiger partial charge in [0.2, 0.25) is 0 Å². The molecule has 1 saturated carbocycles. The number of hydrogen-bond donors (Lipinski definition) is 1. The van der Waals surface area contributed by atoms with Gasteiger partial charge in [-0.05, 0) is 32.1 Å². The molecule has 70 valence electrons. The quantitative estimate of drug-likeness (QED) is 0.638. The van der Waals surface area contributed by atoms with Gasteiger partial charge in [0.1, 0.15) is 0 Å². The Morgan fingerprint density at radius 2 is 2.33 bits per heavy atom. The second-order valence-corrected chi connectivity index (χ2v) is 3.50. The molecule has 0 saturated heterocycles. The van der Waals surface area contributed by atoms with Gasteiger partial charge >= 0.3 is 0 Å². The van der Waals surface area contributed by atoms with Crippen LogP contribution in [0.15, 0.2) is 12.7 Å². The molecule has 0 amide bonds. The van der Waals surface area contributed by atoms with E-state index in [9.17, 15) is 5.11 Å². The molecular formula is C10H18O2. The van der Waals surface area contributed by atoms with Crippen molar-refractivity contribution in [2.75, 3.05) is 7.11 Å². The maximum atomic E-state index is 9.78. The van der Waals surface area contributed by atoms with Crippen molar-refractivity contribution in [3.63, 3.8) is 0 Å². The maximum absolute atomic E-state index is 9.78. The Morgan fingerprint density at radius 1 is 1.67 bits per heavy atom. The molecule has 2 heteroatoms. The van der Waals surface area contributed by atoms with Crippen LogP contribution in [0.25, 0.3) is 0 Å². The minimum Gasteiger partial charge on any atom is -0.390 e. The van der Waals surface area contributed by atoms with E-state index >= 15 is 0 Å². The van der Waals surface area contributed by atoms with Crippen LogP contribution in [-0.4, -0.2) is 23.9 Å². The van der Waals surface area contributed by atoms with Gasteiger partial charge in [0.25, 0.3) is 0 Å². The molecular weight excluding hydrogens is 152 g/mol. The van der Waals surface area contributed by atoms with Gasteiger partial charge in [-0.25, -0.2) is 0 Å². The van der Waals surface area contributed by atoms with E-state index in [2.05, 4.69) is 6.58 Å². The number of aliphatic hydroxyl groups excluding tert-OH is 1. The first-order chi connectivity index (χ1) is 5.75. The highest BCUT2D eigenvalue weighted by Crippen LogP contribution is 2.39. The highest BCUT2D eigenvalue weighted by Gasteiger charge is 2.43. The molecule has 0 bridgehead atoms. The van der Waals surface area contributed by atoms with Crippen molar-refractivity contribution >= 4 is 0 Å². The number of rotatable bonds is 5. The van der Waals surface area contributed by atoms with Gasteiger partial charge in [0.05, 0.1) is 11.7 Å². The van der Waals surface area contributed by atoms with Crippen LogP contribution in [0.5, 0.6) is 0 Å². The lowest BCUT2D eigenvalue weighted by atomic mass is 9.74. The van der Waals surface area contributed by atoms with Crippen LogP contribution in [-0.2, 0) is 4.74 Å². The van der Waals surface area contributed by atoms with Gasteiger partial charge in [-0.1, -0.05) is 6.08 Å². The smallest absolute Gasteiger partial charge is 0.0936 e. The molecule has 12 heavy (non-hydrogen) atoms. The highest BCUT2D eigenvalue weighted by atomic mass is 16.5. The van der Waals surface area contributed by atoms with Crippen LogP contribution in [0, 0.1) is 0 Å². The summed E-state index contributed by atoms with van der Waals surface area (Å²) in [4.78, 5) is 0. The van der Waals surface area contributed by atoms with Crippen LogP contribution in [0.3, 0.4) is 0 Å². The van der Waals surface area contributed by atoms with Crippen molar-refractivity contribution < 1.29 is 9.84 Å². The third-order valence-corrected chi connectivity index (χ3v) is 2.86. The van der Waals surface area contributed by atoms with Crippen molar-refractivity contribution in [2.24, 2.45) is 0 Å². The molecule has 1 atom stereocenters. The van der Waals surface area contributed by atoms with Gasteiger partial charge in [0.15, 0.2) is 0 Å². The zero-order valence-corrected chi connectivity index (χ0v) is 7.75. The predicted molar refractivity (Wildman–Crippen MR) is 49.0 cm³/mol. The standard InChI is InChI=1S/C10H18O2/c1-3-4-6-9(11)10(12-2)7-5-8-10/h3,9,11H,1,4-8H2,2H3. The fourth-order valence-corrected chi connectivity index (χ4v) is 1.74. The average Bonchev–Trinajstić information content (AvgIpc) is 2.00. The Morgan fingerprint density at radius 3 is 2.67 bits per heavy atom. The van der Waals surface area contributed by atoms with E-state index < -0.39 is 0 Å². The number of methoxy groups -OCH3 is 1. The predicted octanol–water partition coefficient (Wildman–Crippen LogP) is 1.88. The lowest BCUT2D eigenvalue weighted by Gasteiger charge is -2.44. The van der Waals surface area contributed by atoms with Crippen LogP contribution >= 0.6 is 0 Å². The molecule has 1 fully saturated rings. The maximum Gasteiger partial charge on any atom is 0.0936 e. The van der Waals surface area contributed by atoms with Crippen LogP contribution < -0.4 is 0 Å². The summed E-state index contributed by atoms with van der Waals surface area (Å²) in [7, 11) is 1.69. The van der Waals surface area contributed by atoms with Gasteiger partial charge < -0.3 is 9.84 Å². The molecule has 0 radical (unpaired) electrons. The monoisotopic (exact) mass is 170 g/mol. The lowest BCUT2D eigenvalue weighted by Crippen LogP contribution is -2.49. The van der Waals surface area contributed by atoms with E-state index in [1.165, 1.54) is 6.42 Å². The Balaban J connectivity index is 2.37. The molecule has 1 N–H and O–H groups in total. The van der Waals surface area contributed by atoms with Crippen molar-refractivity contribution in [1.82, 2.24) is 0 Å². The fourth-order valence-electron chi connectivity index (χ4n) is 1.74. The van der Waals surface area contributed by atoms with Crippen LogP contribution in [0.1, 0.15) is 32.1 Å². The summed E-state index contributed by atoms with van der Waals surface area (Å²) in [5.74, 6) is 0. The zero-order valence-electron chi connectivity index (χ0n) is 7.75. The van der Waals surface area contributed by atoms with Crippen molar-refractivity contribution in [3.05, 3.63) is 12.7 Å². The van der Waals surface area contributed by atoms with Gasteiger partial charge in [0, 0.05) is 7.11 Å². The fraction of sp³-hybridized carbons (Fsp3) is 0.800. The van der Waals surface area contributed by atoms with Crippen LogP contribution in [0.4, 0.5) is 0 Å².